The van der Waals surface area contributed by atoms with E-state index in [2.05, 4.69) is 5.32 Å². The van der Waals surface area contributed by atoms with Gasteiger partial charge in [0.2, 0.25) is 5.91 Å². The molecule has 1 fully saturated rings. The lowest BCUT2D eigenvalue weighted by Gasteiger charge is -2.37. The minimum Gasteiger partial charge on any atom is -0.480 e. The number of amides is 3. The quantitative estimate of drug-likeness (QED) is 0.466. The maximum absolute atomic E-state index is 12.1. The monoisotopic (exact) mass is 287 g/mol. The highest BCUT2D eigenvalue weighted by Crippen LogP contribution is 2.24. The Balaban J connectivity index is 2.57. The van der Waals surface area contributed by atoms with Gasteiger partial charge in [0.15, 0.2) is 0 Å². The number of nitrogens with two attached hydrogens (primary N) is 1. The van der Waals surface area contributed by atoms with Gasteiger partial charge in [0.05, 0.1) is 6.61 Å². The molecule has 8 nitrogen and oxygen atoms in total. The predicted molar refractivity (Wildman–Crippen MR) is 69.8 cm³/mol. The molecular formula is C12H21N3O5. The molecule has 0 spiro atoms. The maximum atomic E-state index is 12.1. The second-order valence-electron chi connectivity index (χ2n) is 4.85. The summed E-state index contributed by atoms with van der Waals surface area (Å²) < 4.78 is 0. The van der Waals surface area contributed by atoms with E-state index in [0.717, 1.165) is 19.3 Å². The molecule has 1 aliphatic carbocycles. The average molecular weight is 287 g/mol. The molecule has 0 heterocycles. The fourth-order valence-electron chi connectivity index (χ4n) is 2.03. The highest BCUT2D eigenvalue weighted by molar-refractivity contribution is 5.83. The van der Waals surface area contributed by atoms with Crippen LogP contribution in [-0.4, -0.2) is 58.3 Å². The summed E-state index contributed by atoms with van der Waals surface area (Å²) in [7, 11) is 0. The zero-order valence-corrected chi connectivity index (χ0v) is 11.2. The number of primary amides is 1. The summed E-state index contributed by atoms with van der Waals surface area (Å²) in [5, 5.41) is 20.4. The lowest BCUT2D eigenvalue weighted by Crippen LogP contribution is -2.54. The van der Waals surface area contributed by atoms with Gasteiger partial charge in [-0.2, -0.15) is 0 Å². The molecule has 0 unspecified atom stereocenters. The van der Waals surface area contributed by atoms with Gasteiger partial charge in [-0.25, -0.2) is 9.59 Å². The van der Waals surface area contributed by atoms with Gasteiger partial charge in [-0.15, -0.1) is 0 Å². The van der Waals surface area contributed by atoms with Crippen molar-refractivity contribution in [2.24, 2.45) is 5.73 Å². The predicted octanol–water partition coefficient (Wildman–Crippen LogP) is -0.738. The van der Waals surface area contributed by atoms with E-state index < -0.39 is 23.9 Å². The van der Waals surface area contributed by atoms with Crippen molar-refractivity contribution in [1.29, 1.82) is 0 Å². The first kappa shape index (κ1) is 16.2. The highest BCUT2D eigenvalue weighted by atomic mass is 16.4. The third kappa shape index (κ3) is 4.69. The number of aliphatic carboxylic acids is 1. The van der Waals surface area contributed by atoms with Crippen molar-refractivity contribution in [3.05, 3.63) is 0 Å². The Labute approximate surface area is 116 Å². The van der Waals surface area contributed by atoms with Crippen LogP contribution in [0.1, 0.15) is 32.1 Å². The number of nitrogens with one attached hydrogen (secondary N) is 1. The molecule has 0 aliphatic heterocycles. The van der Waals surface area contributed by atoms with Crippen LogP contribution in [-0.2, 0) is 9.59 Å². The van der Waals surface area contributed by atoms with Crippen molar-refractivity contribution >= 4 is 17.9 Å². The van der Waals surface area contributed by atoms with Crippen LogP contribution in [0, 0.1) is 0 Å². The SMILES string of the molecule is NC(=O)CC[C@@H](NC(=O)N(CCO)C1CCC1)C(=O)O. The molecule has 5 N–H and O–H groups in total. The molecular weight excluding hydrogens is 266 g/mol. The number of hydrogen-bond donors (Lipinski definition) is 4. The number of aliphatic hydroxyl groups is 1. The van der Waals surface area contributed by atoms with Gasteiger partial charge in [0.1, 0.15) is 6.04 Å². The van der Waals surface area contributed by atoms with Crippen LogP contribution in [0.5, 0.6) is 0 Å². The fourth-order valence-corrected chi connectivity index (χ4v) is 2.03. The summed E-state index contributed by atoms with van der Waals surface area (Å²) in [6.45, 7) is -0.0123. The number of carboxylic acid groups (broad SMARTS) is 1. The minimum absolute atomic E-state index is 0.0476. The Kier molecular flexibility index (Phi) is 6.23. The van der Waals surface area contributed by atoms with Crippen LogP contribution in [0.3, 0.4) is 0 Å². The standard InChI is InChI=1S/C12H21N3O5/c13-10(17)5-4-9(11(18)19)14-12(20)15(6-7-16)8-2-1-3-8/h8-9,16H,1-7H2,(H2,13,17)(H,14,20)(H,18,19)/t9-/m1/s1. The molecule has 3 amide bonds. The maximum Gasteiger partial charge on any atom is 0.326 e. The Morgan fingerprint density at radius 1 is 1.35 bits per heavy atom. The lowest BCUT2D eigenvalue weighted by atomic mass is 9.91. The molecule has 0 aromatic rings. The van der Waals surface area contributed by atoms with Crippen molar-refractivity contribution in [2.75, 3.05) is 13.2 Å². The van der Waals surface area contributed by atoms with Crippen LogP contribution in [0.2, 0.25) is 0 Å². The normalized spacial score (nSPS) is 16.1. The number of carboxylic acids is 1. The summed E-state index contributed by atoms with van der Waals surface area (Å²) >= 11 is 0. The van der Waals surface area contributed by atoms with E-state index in [1.807, 2.05) is 0 Å². The van der Waals surface area contributed by atoms with Gasteiger partial charge in [-0.1, -0.05) is 0 Å². The first-order valence-corrected chi connectivity index (χ1v) is 6.64. The van der Waals surface area contributed by atoms with Crippen molar-refractivity contribution in [3.8, 4) is 0 Å². The van der Waals surface area contributed by atoms with E-state index in [9.17, 15) is 14.4 Å². The molecule has 1 aliphatic rings. The van der Waals surface area contributed by atoms with Crippen LogP contribution in [0.4, 0.5) is 4.79 Å². The molecule has 114 valence electrons. The molecule has 1 atom stereocenters. The van der Waals surface area contributed by atoms with Crippen molar-refractivity contribution in [2.45, 2.75) is 44.2 Å². The van der Waals surface area contributed by atoms with Crippen molar-refractivity contribution in [3.63, 3.8) is 0 Å². The van der Waals surface area contributed by atoms with Gasteiger partial charge in [0.25, 0.3) is 0 Å². The van der Waals surface area contributed by atoms with Crippen molar-refractivity contribution in [1.82, 2.24) is 10.2 Å². The molecule has 8 heteroatoms. The van der Waals surface area contributed by atoms with Gasteiger partial charge in [0, 0.05) is 19.0 Å². The second kappa shape index (κ2) is 7.68. The highest BCUT2D eigenvalue weighted by Gasteiger charge is 2.30. The Hall–Kier alpha value is -1.83. The second-order valence-corrected chi connectivity index (χ2v) is 4.85. The number of nitrogens with zero attached hydrogens (tertiary/aromatic N) is 1. The first-order valence-electron chi connectivity index (χ1n) is 6.64. The third-order valence-corrected chi connectivity index (χ3v) is 3.39. The fraction of sp³-hybridized carbons (Fsp3) is 0.750. The number of carbonyl (C=O) groups is 3. The lowest BCUT2D eigenvalue weighted by molar-refractivity contribution is -0.139. The molecule has 20 heavy (non-hydrogen) atoms. The van der Waals surface area contributed by atoms with Gasteiger partial charge in [-0.05, 0) is 25.7 Å². The van der Waals surface area contributed by atoms with E-state index in [1.54, 1.807) is 0 Å². The number of rotatable bonds is 8. The van der Waals surface area contributed by atoms with Crippen LogP contribution in [0.15, 0.2) is 0 Å². The summed E-state index contributed by atoms with van der Waals surface area (Å²) in [6, 6.07) is -1.63. The van der Waals surface area contributed by atoms with Crippen LogP contribution < -0.4 is 11.1 Å². The van der Waals surface area contributed by atoms with Crippen molar-refractivity contribution < 1.29 is 24.6 Å². The largest absolute Gasteiger partial charge is 0.480 e. The number of carbonyl (C=O) groups excluding carboxylic acids is 2. The van der Waals surface area contributed by atoms with Gasteiger partial charge >= 0.3 is 12.0 Å². The third-order valence-electron chi connectivity index (χ3n) is 3.39. The van der Waals surface area contributed by atoms with Gasteiger partial charge < -0.3 is 26.2 Å². The Morgan fingerprint density at radius 3 is 2.40 bits per heavy atom. The number of urea groups is 1. The molecule has 0 bridgehead atoms. The summed E-state index contributed by atoms with van der Waals surface area (Å²) in [4.78, 5) is 35.2. The molecule has 0 aromatic carbocycles. The molecule has 0 aromatic heterocycles. The molecule has 0 radical (unpaired) electrons. The Bertz CT molecular complexity index is 370. The first-order chi connectivity index (χ1) is 9.45. The summed E-state index contributed by atoms with van der Waals surface area (Å²) in [5.41, 5.74) is 4.97. The van der Waals surface area contributed by atoms with E-state index in [4.69, 9.17) is 15.9 Å². The number of hydrogen-bond acceptors (Lipinski definition) is 4. The van der Waals surface area contributed by atoms with E-state index >= 15 is 0 Å². The summed E-state index contributed by atoms with van der Waals surface area (Å²) in [5.74, 6) is -1.83. The average Bonchev–Trinajstić information content (AvgIpc) is 2.30. The smallest absolute Gasteiger partial charge is 0.326 e. The van der Waals surface area contributed by atoms with E-state index in [-0.39, 0.29) is 32.0 Å². The topological polar surface area (TPSA) is 133 Å². The molecule has 1 rings (SSSR count). The minimum atomic E-state index is -1.21. The van der Waals surface area contributed by atoms with Gasteiger partial charge in [-0.3, -0.25) is 4.79 Å². The zero-order chi connectivity index (χ0) is 15.1. The Morgan fingerprint density at radius 2 is 2.00 bits per heavy atom. The number of aliphatic hydroxyl groups excluding tert-OH is 1. The van der Waals surface area contributed by atoms with E-state index in [0.29, 0.717) is 0 Å². The van der Waals surface area contributed by atoms with Crippen LogP contribution >= 0.6 is 0 Å². The van der Waals surface area contributed by atoms with E-state index in [1.165, 1.54) is 4.90 Å². The molecule has 0 saturated heterocycles. The zero-order valence-electron chi connectivity index (χ0n) is 11.2. The summed E-state index contributed by atoms with van der Waals surface area (Å²) in [6.07, 6.45) is 2.57. The van der Waals surface area contributed by atoms with Crippen LogP contribution in [0.25, 0.3) is 0 Å². The molecule has 1 saturated carbocycles.